The van der Waals surface area contributed by atoms with Gasteiger partial charge in [0, 0.05) is 45.2 Å². The van der Waals surface area contributed by atoms with Crippen LogP contribution in [0.3, 0.4) is 0 Å². The summed E-state index contributed by atoms with van der Waals surface area (Å²) in [6, 6.07) is 5.49. The van der Waals surface area contributed by atoms with Gasteiger partial charge in [0.1, 0.15) is 0 Å². The Hall–Kier alpha value is -2.13. The highest BCUT2D eigenvalue weighted by Crippen LogP contribution is 2.26. The predicted octanol–water partition coefficient (Wildman–Crippen LogP) is 2.03. The van der Waals surface area contributed by atoms with Gasteiger partial charge in [-0.1, -0.05) is 25.3 Å². The van der Waals surface area contributed by atoms with Crippen LogP contribution < -0.4 is 10.6 Å². The molecule has 1 saturated heterocycles. The third kappa shape index (κ3) is 5.43. The van der Waals surface area contributed by atoms with Gasteiger partial charge in [-0.3, -0.25) is 4.79 Å². The molecule has 0 unspecified atom stereocenters. The number of hydrogen-bond acceptors (Lipinski definition) is 4. The predicted molar refractivity (Wildman–Crippen MR) is 122 cm³/mol. The third-order valence-electron chi connectivity index (χ3n) is 6.86. The molecular formula is C23H34N4O4S. The normalized spacial score (nSPS) is 20.1. The summed E-state index contributed by atoms with van der Waals surface area (Å²) in [7, 11) is -3.55. The lowest BCUT2D eigenvalue weighted by Gasteiger charge is -2.34. The van der Waals surface area contributed by atoms with Gasteiger partial charge in [0.25, 0.3) is 0 Å². The molecule has 1 aliphatic heterocycles. The summed E-state index contributed by atoms with van der Waals surface area (Å²) in [5.74, 6) is -0.0578. The number of rotatable bonds is 6. The van der Waals surface area contributed by atoms with Crippen LogP contribution in [0, 0.1) is 0 Å². The van der Waals surface area contributed by atoms with Crippen molar-refractivity contribution in [3.63, 3.8) is 0 Å². The van der Waals surface area contributed by atoms with Gasteiger partial charge >= 0.3 is 6.03 Å². The zero-order chi connectivity index (χ0) is 22.6. The topological polar surface area (TPSA) is 98.8 Å². The van der Waals surface area contributed by atoms with E-state index >= 15 is 0 Å². The number of urea groups is 1. The summed E-state index contributed by atoms with van der Waals surface area (Å²) >= 11 is 0. The molecule has 0 aromatic heterocycles. The quantitative estimate of drug-likeness (QED) is 0.676. The van der Waals surface area contributed by atoms with Crippen molar-refractivity contribution in [3.05, 3.63) is 29.3 Å². The molecule has 4 rings (SSSR count). The number of nitrogens with zero attached hydrogens (tertiary/aromatic N) is 2. The van der Waals surface area contributed by atoms with Crippen molar-refractivity contribution >= 4 is 22.0 Å². The Morgan fingerprint density at radius 1 is 0.938 bits per heavy atom. The molecule has 0 spiro atoms. The van der Waals surface area contributed by atoms with Crippen LogP contribution in [0.1, 0.15) is 56.1 Å². The first-order chi connectivity index (χ1) is 15.4. The number of aryl methyl sites for hydroxylation is 2. The molecule has 1 heterocycles. The Kier molecular flexibility index (Phi) is 7.35. The van der Waals surface area contributed by atoms with Crippen LogP contribution in [-0.2, 0) is 27.7 Å². The molecule has 2 N–H and O–H groups in total. The number of carbonyl (C=O) groups is 2. The standard InChI is InChI=1S/C23H34N4O4S/c28-22(11-12-24-23(29)25-20-7-2-1-3-8-20)26-13-15-27(16-14-26)32(30,31)21-10-9-18-5-4-6-19(18)17-21/h9-10,17,20H,1-8,11-16H2,(H2,24,25,29). The second kappa shape index (κ2) is 10.2. The molecule has 1 aromatic carbocycles. The van der Waals surface area contributed by atoms with Crippen LogP contribution in [0.5, 0.6) is 0 Å². The molecule has 3 aliphatic rings. The summed E-state index contributed by atoms with van der Waals surface area (Å²) in [6.45, 7) is 1.61. The Morgan fingerprint density at radius 2 is 1.66 bits per heavy atom. The zero-order valence-electron chi connectivity index (χ0n) is 18.6. The summed E-state index contributed by atoms with van der Waals surface area (Å²) in [5.41, 5.74) is 2.39. The van der Waals surface area contributed by atoms with E-state index in [0.717, 1.165) is 50.5 Å². The number of hydrogen-bond donors (Lipinski definition) is 2. The minimum atomic E-state index is -3.55. The van der Waals surface area contributed by atoms with E-state index in [1.54, 1.807) is 11.0 Å². The van der Waals surface area contributed by atoms with E-state index in [4.69, 9.17) is 0 Å². The minimum Gasteiger partial charge on any atom is -0.340 e. The molecule has 176 valence electrons. The Balaban J connectivity index is 1.21. The number of benzene rings is 1. The molecule has 32 heavy (non-hydrogen) atoms. The van der Waals surface area contributed by atoms with Crippen LogP contribution in [0.4, 0.5) is 4.79 Å². The lowest BCUT2D eigenvalue weighted by Crippen LogP contribution is -2.51. The maximum absolute atomic E-state index is 13.0. The first-order valence-corrected chi connectivity index (χ1v) is 13.3. The van der Waals surface area contributed by atoms with E-state index in [-0.39, 0.29) is 30.9 Å². The minimum absolute atomic E-state index is 0.0578. The van der Waals surface area contributed by atoms with Crippen molar-refractivity contribution in [2.45, 2.75) is 68.7 Å². The van der Waals surface area contributed by atoms with E-state index in [0.29, 0.717) is 31.1 Å². The van der Waals surface area contributed by atoms with Crippen LogP contribution >= 0.6 is 0 Å². The Morgan fingerprint density at radius 3 is 2.41 bits per heavy atom. The van der Waals surface area contributed by atoms with E-state index in [1.807, 2.05) is 12.1 Å². The van der Waals surface area contributed by atoms with Crippen molar-refractivity contribution in [1.29, 1.82) is 0 Å². The molecule has 9 heteroatoms. The van der Waals surface area contributed by atoms with Gasteiger partial charge in [0.15, 0.2) is 0 Å². The van der Waals surface area contributed by atoms with Crippen molar-refractivity contribution in [2.75, 3.05) is 32.7 Å². The molecule has 1 aromatic rings. The van der Waals surface area contributed by atoms with Gasteiger partial charge in [-0.15, -0.1) is 0 Å². The fourth-order valence-corrected chi connectivity index (χ4v) is 6.43. The number of fused-ring (bicyclic) bond motifs is 1. The number of amides is 3. The first kappa shape index (κ1) is 23.0. The molecule has 3 amide bonds. The van der Waals surface area contributed by atoms with Crippen LogP contribution in [-0.4, -0.2) is 68.3 Å². The zero-order valence-corrected chi connectivity index (χ0v) is 19.5. The lowest BCUT2D eigenvalue weighted by atomic mass is 9.96. The van der Waals surface area contributed by atoms with Crippen molar-refractivity contribution < 1.29 is 18.0 Å². The fourth-order valence-electron chi connectivity index (χ4n) is 4.96. The first-order valence-electron chi connectivity index (χ1n) is 11.9. The highest BCUT2D eigenvalue weighted by atomic mass is 32.2. The Bertz CT molecular complexity index is 935. The molecule has 8 nitrogen and oxygen atoms in total. The van der Waals surface area contributed by atoms with Gasteiger partial charge in [-0.05, 0) is 55.4 Å². The lowest BCUT2D eigenvalue weighted by molar-refractivity contribution is -0.132. The van der Waals surface area contributed by atoms with Crippen LogP contribution in [0.15, 0.2) is 23.1 Å². The maximum atomic E-state index is 13.0. The maximum Gasteiger partial charge on any atom is 0.315 e. The second-order valence-electron chi connectivity index (χ2n) is 9.05. The summed E-state index contributed by atoms with van der Waals surface area (Å²) in [4.78, 5) is 26.6. The fraction of sp³-hybridized carbons (Fsp3) is 0.652. The average Bonchev–Trinajstić information content (AvgIpc) is 3.28. The van der Waals surface area contributed by atoms with Gasteiger partial charge < -0.3 is 15.5 Å². The average molecular weight is 463 g/mol. The summed E-state index contributed by atoms with van der Waals surface area (Å²) < 4.78 is 27.6. The van der Waals surface area contributed by atoms with Gasteiger partial charge in [0.05, 0.1) is 4.90 Å². The van der Waals surface area contributed by atoms with E-state index in [2.05, 4.69) is 10.6 Å². The molecule has 1 saturated carbocycles. The SMILES string of the molecule is O=C(NCCC(=O)N1CCN(S(=O)(=O)c2ccc3c(c2)CCC3)CC1)NC1CCCCC1. The highest BCUT2D eigenvalue weighted by Gasteiger charge is 2.30. The van der Waals surface area contributed by atoms with Gasteiger partial charge in [0.2, 0.25) is 15.9 Å². The van der Waals surface area contributed by atoms with Crippen LogP contribution in [0.25, 0.3) is 0 Å². The molecule has 0 bridgehead atoms. The third-order valence-corrected chi connectivity index (χ3v) is 8.76. The van der Waals surface area contributed by atoms with Gasteiger partial charge in [-0.25, -0.2) is 13.2 Å². The second-order valence-corrected chi connectivity index (χ2v) is 11.0. The van der Waals surface area contributed by atoms with E-state index in [1.165, 1.54) is 16.3 Å². The number of carbonyl (C=O) groups excluding carboxylic acids is 2. The largest absolute Gasteiger partial charge is 0.340 e. The van der Waals surface area contributed by atoms with Crippen LogP contribution in [0.2, 0.25) is 0 Å². The number of piperazine rings is 1. The van der Waals surface area contributed by atoms with E-state index < -0.39 is 10.0 Å². The smallest absolute Gasteiger partial charge is 0.315 e. The number of nitrogens with one attached hydrogen (secondary N) is 2. The van der Waals surface area contributed by atoms with Gasteiger partial charge in [-0.2, -0.15) is 4.31 Å². The highest BCUT2D eigenvalue weighted by molar-refractivity contribution is 7.89. The molecular weight excluding hydrogens is 428 g/mol. The Labute approximate surface area is 190 Å². The molecule has 0 atom stereocenters. The molecule has 2 fully saturated rings. The van der Waals surface area contributed by atoms with Crippen molar-refractivity contribution in [1.82, 2.24) is 19.8 Å². The summed E-state index contributed by atoms with van der Waals surface area (Å²) in [5, 5.41) is 5.75. The van der Waals surface area contributed by atoms with E-state index in [9.17, 15) is 18.0 Å². The van der Waals surface area contributed by atoms with Crippen molar-refractivity contribution in [2.24, 2.45) is 0 Å². The number of sulfonamides is 1. The summed E-state index contributed by atoms with van der Waals surface area (Å²) in [6.07, 6.45) is 8.83. The molecule has 0 radical (unpaired) electrons. The monoisotopic (exact) mass is 462 g/mol. The molecule has 2 aliphatic carbocycles. The van der Waals surface area contributed by atoms with Crippen molar-refractivity contribution in [3.8, 4) is 0 Å².